The summed E-state index contributed by atoms with van der Waals surface area (Å²) in [6.07, 6.45) is 1.54. The van der Waals surface area contributed by atoms with E-state index < -0.39 is 29.2 Å². The van der Waals surface area contributed by atoms with E-state index in [4.69, 9.17) is 11.6 Å². The van der Waals surface area contributed by atoms with Crippen molar-refractivity contribution in [1.82, 2.24) is 30.2 Å². The number of nitrogens with one attached hydrogen (secondary N) is 1. The van der Waals surface area contributed by atoms with Gasteiger partial charge in [-0.3, -0.25) is 19.2 Å². The Morgan fingerprint density at radius 1 is 1.42 bits per heavy atom. The van der Waals surface area contributed by atoms with Crippen molar-refractivity contribution in [2.75, 3.05) is 11.5 Å². The number of carbonyl (C=O) groups is 3. The summed E-state index contributed by atoms with van der Waals surface area (Å²) < 4.78 is 2.27. The smallest absolute Gasteiger partial charge is 0.352 e. The fourth-order valence-electron chi connectivity index (χ4n) is 3.20. The highest BCUT2D eigenvalue weighted by molar-refractivity contribution is 8.01. The number of amides is 2. The van der Waals surface area contributed by atoms with Crippen LogP contribution < -0.4 is 5.32 Å². The Hall–Kier alpha value is -2.09. The summed E-state index contributed by atoms with van der Waals surface area (Å²) >= 11 is 10.3. The molecule has 0 aromatic carbocycles. The molecular weight excluding hydrogens is 484 g/mol. The van der Waals surface area contributed by atoms with E-state index in [0.717, 1.165) is 9.35 Å². The number of β-lactam (4-membered cyclic amide) rings is 1. The van der Waals surface area contributed by atoms with Crippen LogP contribution in [0.15, 0.2) is 21.8 Å². The Bertz CT molecular complexity index is 1100. The zero-order valence-corrected chi connectivity index (χ0v) is 19.6. The highest BCUT2D eigenvalue weighted by atomic mass is 35.5. The quantitative estimate of drug-likeness (QED) is 0.432. The largest absolute Gasteiger partial charge is 0.477 e. The standard InChI is InChI=1S/C17H17ClN6O4S3/c1-3-23-4-9(18)10(22-23)13(25)19-11-14(26)24-12(16(27)28)8(5-29-15(11)24)6-30-17-21-20-7(2)31-17/h4,11,15H,3,5-6H2,1-2H3,(H,19,25)(H,27,28)/t11-,15+/m0/s1. The molecule has 1 fully saturated rings. The van der Waals surface area contributed by atoms with Gasteiger partial charge >= 0.3 is 5.97 Å². The van der Waals surface area contributed by atoms with E-state index in [9.17, 15) is 19.5 Å². The van der Waals surface area contributed by atoms with E-state index in [0.29, 0.717) is 23.6 Å². The van der Waals surface area contributed by atoms with Crippen molar-refractivity contribution in [2.45, 2.75) is 36.1 Å². The van der Waals surface area contributed by atoms with Crippen LogP contribution in [0.4, 0.5) is 0 Å². The summed E-state index contributed by atoms with van der Waals surface area (Å²) in [6.45, 7) is 4.25. The average molecular weight is 501 g/mol. The van der Waals surface area contributed by atoms with Crippen LogP contribution in [0.25, 0.3) is 0 Å². The minimum atomic E-state index is -1.17. The first-order valence-corrected chi connectivity index (χ1v) is 12.4. The van der Waals surface area contributed by atoms with Gasteiger partial charge in [0, 0.05) is 24.2 Å². The Morgan fingerprint density at radius 2 is 2.19 bits per heavy atom. The van der Waals surface area contributed by atoms with Crippen LogP contribution in [0.1, 0.15) is 22.4 Å². The monoisotopic (exact) mass is 500 g/mol. The van der Waals surface area contributed by atoms with Crippen molar-refractivity contribution >= 4 is 64.2 Å². The Morgan fingerprint density at radius 3 is 2.81 bits per heavy atom. The predicted molar refractivity (Wildman–Crippen MR) is 117 cm³/mol. The van der Waals surface area contributed by atoms with Crippen LogP contribution in [0, 0.1) is 6.92 Å². The molecule has 2 N–H and O–H groups in total. The predicted octanol–water partition coefficient (Wildman–Crippen LogP) is 1.86. The second kappa shape index (κ2) is 8.81. The number of thioether (sulfide) groups is 2. The van der Waals surface area contributed by atoms with Crippen molar-refractivity contribution in [2.24, 2.45) is 0 Å². The lowest BCUT2D eigenvalue weighted by molar-refractivity contribution is -0.148. The molecule has 0 radical (unpaired) electrons. The first kappa shape index (κ1) is 22.1. The molecule has 0 aliphatic carbocycles. The Kier molecular flexibility index (Phi) is 6.28. The van der Waals surface area contributed by atoms with E-state index in [1.807, 2.05) is 13.8 Å². The van der Waals surface area contributed by atoms with Crippen LogP contribution >= 0.6 is 46.5 Å². The minimum absolute atomic E-state index is 0.0266. The second-order valence-electron chi connectivity index (χ2n) is 6.68. The number of aliphatic carboxylic acids is 1. The summed E-state index contributed by atoms with van der Waals surface area (Å²) in [4.78, 5) is 38.5. The number of aromatic nitrogens is 4. The highest BCUT2D eigenvalue weighted by Gasteiger charge is 2.54. The zero-order chi connectivity index (χ0) is 22.3. The number of fused-ring (bicyclic) bond motifs is 1. The molecule has 4 heterocycles. The normalized spacial score (nSPS) is 20.5. The molecule has 2 amide bonds. The molecule has 2 aromatic rings. The molecule has 2 aliphatic heterocycles. The van der Waals surface area contributed by atoms with Crippen LogP contribution in [0.2, 0.25) is 5.02 Å². The number of halogens is 1. The molecular formula is C17H17ClN6O4S3. The maximum Gasteiger partial charge on any atom is 0.352 e. The van der Waals surface area contributed by atoms with E-state index in [1.54, 1.807) is 0 Å². The van der Waals surface area contributed by atoms with Crippen molar-refractivity contribution in [3.8, 4) is 0 Å². The molecule has 2 aromatic heterocycles. The molecule has 164 valence electrons. The Balaban J connectivity index is 1.48. The van der Waals surface area contributed by atoms with Gasteiger partial charge in [0.05, 0.1) is 5.02 Å². The third-order valence-corrected chi connectivity index (χ3v) is 8.34. The van der Waals surface area contributed by atoms with Gasteiger partial charge in [-0.15, -0.1) is 22.0 Å². The van der Waals surface area contributed by atoms with E-state index in [-0.39, 0.29) is 16.4 Å². The van der Waals surface area contributed by atoms with Gasteiger partial charge in [0.1, 0.15) is 22.1 Å². The van der Waals surface area contributed by atoms with E-state index in [2.05, 4.69) is 20.6 Å². The summed E-state index contributed by atoms with van der Waals surface area (Å²) in [5.41, 5.74) is 0.643. The van der Waals surface area contributed by atoms with Gasteiger partial charge in [0.25, 0.3) is 11.8 Å². The van der Waals surface area contributed by atoms with Gasteiger partial charge in [-0.05, 0) is 19.4 Å². The summed E-state index contributed by atoms with van der Waals surface area (Å²) in [7, 11) is 0. The molecule has 0 saturated carbocycles. The molecule has 2 atom stereocenters. The van der Waals surface area contributed by atoms with Crippen molar-refractivity contribution in [3.05, 3.63) is 33.2 Å². The zero-order valence-electron chi connectivity index (χ0n) is 16.4. The number of carbonyl (C=O) groups excluding carboxylic acids is 2. The summed E-state index contributed by atoms with van der Waals surface area (Å²) in [5.74, 6) is -1.38. The fraction of sp³-hybridized carbons (Fsp3) is 0.412. The number of carboxylic acids is 1. The molecule has 4 rings (SSSR count). The lowest BCUT2D eigenvalue weighted by Crippen LogP contribution is -2.70. The lowest BCUT2D eigenvalue weighted by atomic mass is 10.0. The topological polar surface area (TPSA) is 130 Å². The van der Waals surface area contributed by atoms with Gasteiger partial charge in [0.2, 0.25) is 0 Å². The van der Waals surface area contributed by atoms with E-state index >= 15 is 0 Å². The molecule has 31 heavy (non-hydrogen) atoms. The molecule has 1 saturated heterocycles. The van der Waals surface area contributed by atoms with Gasteiger partial charge in [-0.2, -0.15) is 5.10 Å². The van der Waals surface area contributed by atoms with Crippen LogP contribution in [-0.4, -0.2) is 70.7 Å². The first-order valence-electron chi connectivity index (χ1n) is 9.16. The molecule has 0 spiro atoms. The Labute approximate surface area is 194 Å². The highest BCUT2D eigenvalue weighted by Crippen LogP contribution is 2.41. The van der Waals surface area contributed by atoms with Gasteiger partial charge in [-0.1, -0.05) is 34.7 Å². The van der Waals surface area contributed by atoms with Gasteiger partial charge in [0.15, 0.2) is 10.0 Å². The average Bonchev–Trinajstić information content (AvgIpc) is 3.34. The van der Waals surface area contributed by atoms with Gasteiger partial charge < -0.3 is 10.4 Å². The molecule has 14 heteroatoms. The maximum absolute atomic E-state index is 12.8. The molecule has 2 aliphatic rings. The van der Waals surface area contributed by atoms with Crippen LogP contribution in [0.5, 0.6) is 0 Å². The molecule has 0 unspecified atom stereocenters. The molecule has 10 nitrogen and oxygen atoms in total. The first-order chi connectivity index (χ1) is 14.8. The van der Waals surface area contributed by atoms with Crippen molar-refractivity contribution in [3.63, 3.8) is 0 Å². The van der Waals surface area contributed by atoms with Crippen LogP contribution in [0.3, 0.4) is 0 Å². The third kappa shape index (κ3) is 4.19. The van der Waals surface area contributed by atoms with E-state index in [1.165, 1.54) is 50.6 Å². The third-order valence-electron chi connectivity index (χ3n) is 4.67. The summed E-state index contributed by atoms with van der Waals surface area (Å²) in [6, 6.07) is -0.838. The second-order valence-corrected chi connectivity index (χ2v) is 10.6. The number of carboxylic acid groups (broad SMARTS) is 1. The van der Waals surface area contributed by atoms with Crippen molar-refractivity contribution in [1.29, 1.82) is 0 Å². The number of nitrogens with zero attached hydrogens (tertiary/aromatic N) is 5. The van der Waals surface area contributed by atoms with Crippen LogP contribution in [-0.2, 0) is 16.1 Å². The minimum Gasteiger partial charge on any atom is -0.477 e. The maximum atomic E-state index is 12.8. The SMILES string of the molecule is CCn1cc(Cl)c(C(=O)N[C@H]2C(=O)N3C(C(=O)O)=C(CSc4nnc(C)s4)CS[C@H]23)n1. The fourth-order valence-corrected chi connectivity index (χ4v) is 6.74. The number of aryl methyl sites for hydroxylation is 2. The number of hydrogen-bond acceptors (Lipinski definition) is 9. The number of hydrogen-bond donors (Lipinski definition) is 2. The van der Waals surface area contributed by atoms with Gasteiger partial charge in [-0.25, -0.2) is 4.79 Å². The molecule has 0 bridgehead atoms. The number of rotatable bonds is 7. The lowest BCUT2D eigenvalue weighted by Gasteiger charge is -2.49. The summed E-state index contributed by atoms with van der Waals surface area (Å²) in [5, 5.41) is 25.0. The van der Waals surface area contributed by atoms with Crippen molar-refractivity contribution < 1.29 is 19.5 Å².